The average Bonchev–Trinajstić information content (AvgIpc) is 2.67. The van der Waals surface area contributed by atoms with Gasteiger partial charge in [-0.2, -0.15) is 0 Å². The summed E-state index contributed by atoms with van der Waals surface area (Å²) < 4.78 is 0. The highest BCUT2D eigenvalue weighted by molar-refractivity contribution is 5.33. The molecule has 1 heteroatoms. The zero-order valence-electron chi connectivity index (χ0n) is 21.9. The Bertz CT molecular complexity index is 790. The number of hydrogen-bond acceptors (Lipinski definition) is 1. The molecule has 1 N–H and O–H groups in total. The highest BCUT2D eigenvalue weighted by Crippen LogP contribution is 2.75. The van der Waals surface area contributed by atoms with E-state index in [1.807, 2.05) is 5.57 Å². The van der Waals surface area contributed by atoms with E-state index in [2.05, 4.69) is 61.5 Å². The molecule has 0 radical (unpaired) electrons. The third kappa shape index (κ3) is 2.77. The summed E-state index contributed by atoms with van der Waals surface area (Å²) in [6, 6.07) is 0. The molecule has 1 nitrogen and oxygen atoms in total. The van der Waals surface area contributed by atoms with Crippen molar-refractivity contribution in [2.75, 3.05) is 0 Å². The number of hydrogen-bond donors (Lipinski definition) is 1. The maximum Gasteiger partial charge on any atom is 0.0594 e. The Hall–Kier alpha value is -0.300. The summed E-state index contributed by atoms with van der Waals surface area (Å²) in [4.78, 5) is 0. The largest absolute Gasteiger partial charge is 0.393 e. The SMILES string of the molecule is CC1(C)CC[C@]2(C)CC[C@@]3(C)C(=CC[C@@H]4[C@]5(C)CC[C@@H](O)C(C)(C)[C@H]5CC[C@@]43C)[C@H]2C1. The van der Waals surface area contributed by atoms with Crippen LogP contribution in [0.5, 0.6) is 0 Å². The van der Waals surface area contributed by atoms with Crippen molar-refractivity contribution >= 4 is 0 Å². The third-order valence-electron chi connectivity index (χ3n) is 13.0. The van der Waals surface area contributed by atoms with Gasteiger partial charge in [-0.05, 0) is 114 Å². The van der Waals surface area contributed by atoms with Gasteiger partial charge in [-0.3, -0.25) is 0 Å². The molecule has 0 aromatic heterocycles. The molecule has 31 heavy (non-hydrogen) atoms. The molecule has 5 rings (SSSR count). The minimum Gasteiger partial charge on any atom is -0.393 e. The minimum absolute atomic E-state index is 0.0533. The molecular weight excluding hydrogens is 376 g/mol. The van der Waals surface area contributed by atoms with Crippen LogP contribution in [-0.4, -0.2) is 11.2 Å². The summed E-state index contributed by atoms with van der Waals surface area (Å²) in [5.74, 6) is 2.21. The lowest BCUT2D eigenvalue weighted by Gasteiger charge is -2.71. The van der Waals surface area contributed by atoms with Crippen LogP contribution in [-0.2, 0) is 0 Å². The third-order valence-corrected chi connectivity index (χ3v) is 13.0. The van der Waals surface area contributed by atoms with Crippen LogP contribution in [0.2, 0.25) is 0 Å². The van der Waals surface area contributed by atoms with E-state index in [1.165, 1.54) is 57.8 Å². The lowest BCUT2D eigenvalue weighted by Crippen LogP contribution is -2.64. The van der Waals surface area contributed by atoms with Gasteiger partial charge >= 0.3 is 0 Å². The van der Waals surface area contributed by atoms with Crippen molar-refractivity contribution in [3.05, 3.63) is 11.6 Å². The van der Waals surface area contributed by atoms with Gasteiger partial charge in [-0.25, -0.2) is 0 Å². The molecule has 0 saturated heterocycles. The number of aliphatic hydroxyl groups is 1. The van der Waals surface area contributed by atoms with Gasteiger partial charge in [0.1, 0.15) is 0 Å². The molecule has 0 amide bonds. The van der Waals surface area contributed by atoms with Gasteiger partial charge in [-0.15, -0.1) is 0 Å². The highest BCUT2D eigenvalue weighted by atomic mass is 16.3. The number of rotatable bonds is 0. The zero-order valence-corrected chi connectivity index (χ0v) is 21.9. The smallest absolute Gasteiger partial charge is 0.0594 e. The monoisotopic (exact) mass is 426 g/mol. The molecule has 0 heterocycles. The molecule has 4 saturated carbocycles. The van der Waals surface area contributed by atoms with Crippen molar-refractivity contribution in [2.45, 2.75) is 126 Å². The second kappa shape index (κ2) is 6.43. The zero-order chi connectivity index (χ0) is 22.7. The van der Waals surface area contributed by atoms with Gasteiger partial charge in [0, 0.05) is 0 Å². The summed E-state index contributed by atoms with van der Waals surface area (Å²) in [5.41, 5.74) is 4.09. The number of allylic oxidation sites excluding steroid dienone is 2. The van der Waals surface area contributed by atoms with Crippen molar-refractivity contribution < 1.29 is 5.11 Å². The fraction of sp³-hybridized carbons (Fsp3) is 0.933. The lowest BCUT2D eigenvalue weighted by molar-refractivity contribution is -0.202. The Morgan fingerprint density at radius 1 is 0.774 bits per heavy atom. The Balaban J connectivity index is 1.57. The van der Waals surface area contributed by atoms with Crippen molar-refractivity contribution in [2.24, 2.45) is 50.2 Å². The Morgan fingerprint density at radius 3 is 2.16 bits per heavy atom. The molecule has 4 fully saturated rings. The first-order chi connectivity index (χ1) is 14.2. The van der Waals surface area contributed by atoms with Crippen LogP contribution in [0.1, 0.15) is 120 Å². The second-order valence-corrected chi connectivity index (χ2v) is 15.2. The Morgan fingerprint density at radius 2 is 1.45 bits per heavy atom. The Kier molecular flexibility index (Phi) is 4.66. The van der Waals surface area contributed by atoms with E-state index in [0.29, 0.717) is 33.0 Å². The maximum atomic E-state index is 10.9. The van der Waals surface area contributed by atoms with Crippen LogP contribution in [0.3, 0.4) is 0 Å². The molecule has 8 atom stereocenters. The van der Waals surface area contributed by atoms with E-state index in [-0.39, 0.29) is 11.5 Å². The molecular formula is C30H50O. The van der Waals surface area contributed by atoms with Gasteiger partial charge in [0.2, 0.25) is 0 Å². The quantitative estimate of drug-likeness (QED) is 0.387. The predicted octanol–water partition coefficient (Wildman–Crippen LogP) is 8.17. The molecule has 0 spiro atoms. The van der Waals surface area contributed by atoms with Crippen LogP contribution in [0.25, 0.3) is 0 Å². The average molecular weight is 427 g/mol. The minimum atomic E-state index is -0.125. The summed E-state index contributed by atoms with van der Waals surface area (Å²) in [5, 5.41) is 10.9. The van der Waals surface area contributed by atoms with Crippen LogP contribution in [0, 0.1) is 50.2 Å². The first-order valence-electron chi connectivity index (χ1n) is 13.6. The van der Waals surface area contributed by atoms with Gasteiger partial charge < -0.3 is 5.11 Å². The number of aliphatic hydroxyl groups excluding tert-OH is 1. The fourth-order valence-corrected chi connectivity index (χ4v) is 10.5. The first kappa shape index (κ1) is 22.5. The van der Waals surface area contributed by atoms with Gasteiger partial charge in [0.15, 0.2) is 0 Å². The second-order valence-electron chi connectivity index (χ2n) is 15.2. The molecule has 0 unspecified atom stereocenters. The van der Waals surface area contributed by atoms with Crippen LogP contribution < -0.4 is 0 Å². The van der Waals surface area contributed by atoms with Crippen LogP contribution in [0.15, 0.2) is 11.6 Å². The van der Waals surface area contributed by atoms with Crippen LogP contribution in [0.4, 0.5) is 0 Å². The first-order valence-corrected chi connectivity index (χ1v) is 13.6. The summed E-state index contributed by atoms with van der Waals surface area (Å²) >= 11 is 0. The van der Waals surface area contributed by atoms with E-state index in [0.717, 1.165) is 18.3 Å². The van der Waals surface area contributed by atoms with E-state index < -0.39 is 0 Å². The number of fused-ring (bicyclic) bond motifs is 7. The lowest BCUT2D eigenvalue weighted by atomic mass is 9.33. The summed E-state index contributed by atoms with van der Waals surface area (Å²) in [7, 11) is 0. The highest BCUT2D eigenvalue weighted by Gasteiger charge is 2.67. The molecule has 0 aromatic carbocycles. The molecule has 0 aliphatic heterocycles. The standard InChI is InChI=1S/C30H50O/c1-25(2)15-16-27(5)17-18-29(7)20(21(27)19-25)9-10-23-28(6)13-12-24(31)26(3,4)22(28)11-14-30(23,29)8/h9,21-24,31H,10-19H2,1-8H3/t21-,22-,23-,24-,27-,28-,29+,30+/m1/s1. The van der Waals surface area contributed by atoms with Crippen molar-refractivity contribution in [3.63, 3.8) is 0 Å². The molecule has 0 bridgehead atoms. The van der Waals surface area contributed by atoms with E-state index in [4.69, 9.17) is 0 Å². The van der Waals surface area contributed by atoms with Crippen molar-refractivity contribution in [1.82, 2.24) is 0 Å². The Labute approximate surface area is 192 Å². The van der Waals surface area contributed by atoms with Gasteiger partial charge in [0.05, 0.1) is 6.10 Å². The predicted molar refractivity (Wildman–Crippen MR) is 131 cm³/mol. The van der Waals surface area contributed by atoms with E-state index in [9.17, 15) is 5.11 Å². The summed E-state index contributed by atoms with van der Waals surface area (Å²) in [6.45, 7) is 20.4. The fourth-order valence-electron chi connectivity index (χ4n) is 10.5. The molecule has 176 valence electrons. The molecule has 5 aliphatic rings. The van der Waals surface area contributed by atoms with Crippen LogP contribution >= 0.6 is 0 Å². The normalized spacial score (nSPS) is 55.2. The maximum absolute atomic E-state index is 10.9. The van der Waals surface area contributed by atoms with Crippen molar-refractivity contribution in [3.8, 4) is 0 Å². The van der Waals surface area contributed by atoms with Gasteiger partial charge in [-0.1, -0.05) is 67.0 Å². The van der Waals surface area contributed by atoms with E-state index in [1.54, 1.807) is 0 Å². The summed E-state index contributed by atoms with van der Waals surface area (Å²) in [6.07, 6.45) is 15.9. The molecule has 0 aromatic rings. The van der Waals surface area contributed by atoms with Crippen molar-refractivity contribution in [1.29, 1.82) is 0 Å². The topological polar surface area (TPSA) is 20.2 Å². The van der Waals surface area contributed by atoms with Gasteiger partial charge in [0.25, 0.3) is 0 Å². The van der Waals surface area contributed by atoms with E-state index >= 15 is 0 Å². The molecule has 5 aliphatic carbocycles.